The third-order valence-electron chi connectivity index (χ3n) is 5.28. The fourth-order valence-electron chi connectivity index (χ4n) is 3.25. The molecule has 0 spiro atoms. The van der Waals surface area contributed by atoms with Crippen LogP contribution in [0.1, 0.15) is 44.9 Å². The standard InChI is InChI=1S/C22H24N5O11P/c1-3-15(28)11-14-39(36,24-23-16(29)4-2)25(12-9-21(34)37-26-17(30)5-6-18(26)31)13-10-22(35)38-27-19(32)7-8-20(27)33/h1-2H,5-14H2,(H,23,29)(H,24,36). The zero-order chi connectivity index (χ0) is 29.2. The van der Waals surface area contributed by atoms with Crippen LogP contribution in [0.25, 0.3) is 0 Å². The molecule has 2 N–H and O–H groups in total. The minimum Gasteiger partial charge on any atom is -0.330 e. The van der Waals surface area contributed by atoms with Crippen molar-refractivity contribution in [1.29, 1.82) is 0 Å². The second-order valence-electron chi connectivity index (χ2n) is 8.00. The highest BCUT2D eigenvalue weighted by Gasteiger charge is 2.36. The molecule has 0 aromatic carbocycles. The summed E-state index contributed by atoms with van der Waals surface area (Å²) >= 11 is 0. The molecule has 1 unspecified atom stereocenters. The van der Waals surface area contributed by atoms with Gasteiger partial charge in [-0.3, -0.25) is 38.8 Å². The molecular formula is C22H24N5O11P. The van der Waals surface area contributed by atoms with E-state index in [2.05, 4.69) is 5.20 Å². The summed E-state index contributed by atoms with van der Waals surface area (Å²) in [4.78, 5) is 104. The van der Waals surface area contributed by atoms with E-state index in [0.29, 0.717) is 10.1 Å². The quantitative estimate of drug-likeness (QED) is 0.0795. The number of Topliss-reactive ketones (excluding diaryl/α,β-unsaturated/α-hetero) is 1. The molecule has 2 rings (SSSR count). The van der Waals surface area contributed by atoms with Crippen LogP contribution in [0.15, 0.2) is 0 Å². The lowest BCUT2D eigenvalue weighted by Crippen LogP contribution is -2.42. The molecular weight excluding hydrogens is 541 g/mol. The van der Waals surface area contributed by atoms with Crippen molar-refractivity contribution in [2.75, 3.05) is 19.3 Å². The third kappa shape index (κ3) is 8.86. The predicted molar refractivity (Wildman–Crippen MR) is 126 cm³/mol. The van der Waals surface area contributed by atoms with Gasteiger partial charge in [-0.15, -0.1) is 23.0 Å². The van der Waals surface area contributed by atoms with Crippen molar-refractivity contribution in [3.63, 3.8) is 0 Å². The maximum absolute atomic E-state index is 13.8. The summed E-state index contributed by atoms with van der Waals surface area (Å²) < 4.78 is 14.9. The molecule has 2 aliphatic heterocycles. The van der Waals surface area contributed by atoms with Gasteiger partial charge in [0, 0.05) is 51.4 Å². The molecule has 208 valence electrons. The van der Waals surface area contributed by atoms with Gasteiger partial charge in [0.1, 0.15) is 0 Å². The summed E-state index contributed by atoms with van der Waals surface area (Å²) in [5.41, 5.74) is 1.99. The van der Waals surface area contributed by atoms with Gasteiger partial charge < -0.3 is 9.68 Å². The number of hydroxylamine groups is 4. The second-order valence-corrected chi connectivity index (χ2v) is 10.6. The topological polar surface area (TPSA) is 206 Å². The summed E-state index contributed by atoms with van der Waals surface area (Å²) in [6.07, 6.45) is 7.41. The van der Waals surface area contributed by atoms with Crippen molar-refractivity contribution in [2.45, 2.75) is 44.9 Å². The van der Waals surface area contributed by atoms with Crippen molar-refractivity contribution in [3.05, 3.63) is 0 Å². The Morgan fingerprint density at radius 1 is 0.795 bits per heavy atom. The zero-order valence-corrected chi connectivity index (χ0v) is 21.4. The summed E-state index contributed by atoms with van der Waals surface area (Å²) in [6.45, 7) is -0.908. The lowest BCUT2D eigenvalue weighted by molar-refractivity contribution is -0.198. The van der Waals surface area contributed by atoms with Crippen molar-refractivity contribution in [3.8, 4) is 24.7 Å². The van der Waals surface area contributed by atoms with Gasteiger partial charge in [-0.05, 0) is 11.8 Å². The number of imide groups is 2. The van der Waals surface area contributed by atoms with Gasteiger partial charge in [0.15, 0.2) is 0 Å². The van der Waals surface area contributed by atoms with Gasteiger partial charge in [0.2, 0.25) is 13.2 Å². The molecule has 5 amide bonds. The molecule has 2 heterocycles. The van der Waals surface area contributed by atoms with Crippen LogP contribution in [0.3, 0.4) is 0 Å². The molecule has 0 saturated carbocycles. The Kier molecular flexibility index (Phi) is 11.0. The molecule has 0 bridgehead atoms. The largest absolute Gasteiger partial charge is 0.334 e. The molecule has 2 fully saturated rings. The lowest BCUT2D eigenvalue weighted by atomic mass is 10.3. The normalized spacial score (nSPS) is 16.5. The number of ketones is 1. The summed E-state index contributed by atoms with van der Waals surface area (Å²) in [7, 11) is -4.07. The Morgan fingerprint density at radius 3 is 1.62 bits per heavy atom. The Balaban J connectivity index is 2.19. The number of hydrogen-bond acceptors (Lipinski definition) is 11. The predicted octanol–water partition coefficient (Wildman–Crippen LogP) is -1.68. The molecule has 2 aliphatic rings. The number of terminal acetylenes is 2. The Morgan fingerprint density at radius 2 is 1.23 bits per heavy atom. The minimum absolute atomic E-state index is 0.139. The second kappa shape index (κ2) is 14.0. The lowest BCUT2D eigenvalue weighted by Gasteiger charge is -2.31. The SMILES string of the molecule is C#CC(=O)CCP(=O)(NNC(=O)C#C)N(CCC(=O)ON1C(=O)CCC1=O)CCC(=O)ON1C(=O)CCC1=O. The van der Waals surface area contributed by atoms with E-state index in [-0.39, 0.29) is 25.7 Å². The van der Waals surface area contributed by atoms with Crippen LogP contribution >= 0.6 is 7.44 Å². The molecule has 0 aromatic rings. The number of hydrogen-bond donors (Lipinski definition) is 2. The highest BCUT2D eigenvalue weighted by molar-refractivity contribution is 7.59. The molecule has 39 heavy (non-hydrogen) atoms. The zero-order valence-electron chi connectivity index (χ0n) is 20.5. The molecule has 2 saturated heterocycles. The van der Waals surface area contributed by atoms with E-state index in [1.165, 1.54) is 0 Å². The molecule has 0 aromatic heterocycles. The van der Waals surface area contributed by atoms with Crippen LogP contribution in [0.4, 0.5) is 0 Å². The molecule has 17 heteroatoms. The van der Waals surface area contributed by atoms with E-state index in [1.807, 2.05) is 11.3 Å². The van der Waals surface area contributed by atoms with E-state index in [9.17, 15) is 42.9 Å². The molecule has 1 atom stereocenters. The smallest absolute Gasteiger partial charge is 0.330 e. The van der Waals surface area contributed by atoms with E-state index in [0.717, 1.165) is 4.67 Å². The number of carbonyl (C=O) groups is 8. The number of hydrazine groups is 1. The first-order chi connectivity index (χ1) is 18.4. The number of rotatable bonds is 14. The first kappa shape index (κ1) is 30.9. The Bertz CT molecular complexity index is 1100. The Labute approximate surface area is 222 Å². The van der Waals surface area contributed by atoms with Gasteiger partial charge in [0.25, 0.3) is 23.6 Å². The van der Waals surface area contributed by atoms with Gasteiger partial charge in [-0.2, -0.15) is 5.20 Å². The van der Waals surface area contributed by atoms with Gasteiger partial charge in [0.05, 0.1) is 12.8 Å². The number of carbonyl (C=O) groups excluding carboxylic acids is 8. The van der Waals surface area contributed by atoms with E-state index in [4.69, 9.17) is 22.5 Å². The van der Waals surface area contributed by atoms with Crippen LogP contribution in [-0.2, 0) is 52.6 Å². The fraction of sp³-hybridized carbons (Fsp3) is 0.455. The number of nitrogens with one attached hydrogen (secondary N) is 2. The van der Waals surface area contributed by atoms with Crippen molar-refractivity contribution in [2.24, 2.45) is 0 Å². The van der Waals surface area contributed by atoms with Crippen LogP contribution < -0.4 is 10.6 Å². The van der Waals surface area contributed by atoms with Crippen molar-refractivity contribution >= 4 is 54.7 Å². The Hall–Kier alpha value is -4.37. The van der Waals surface area contributed by atoms with Crippen LogP contribution in [0, 0.1) is 24.7 Å². The van der Waals surface area contributed by atoms with Crippen molar-refractivity contribution in [1.82, 2.24) is 25.4 Å². The maximum atomic E-state index is 13.8. The fourth-order valence-corrected chi connectivity index (χ4v) is 5.42. The highest BCUT2D eigenvalue weighted by Crippen LogP contribution is 2.45. The summed E-state index contributed by atoms with van der Waals surface area (Å²) in [6, 6.07) is 0. The van der Waals surface area contributed by atoms with Crippen LogP contribution in [-0.4, -0.2) is 81.3 Å². The van der Waals surface area contributed by atoms with E-state index >= 15 is 0 Å². The summed E-state index contributed by atoms with van der Waals surface area (Å²) in [5, 5.41) is 2.85. The first-order valence-electron chi connectivity index (χ1n) is 11.4. The molecule has 0 radical (unpaired) electrons. The maximum Gasteiger partial charge on any atom is 0.334 e. The first-order valence-corrected chi connectivity index (χ1v) is 13.3. The van der Waals surface area contributed by atoms with E-state index in [1.54, 1.807) is 5.92 Å². The van der Waals surface area contributed by atoms with Gasteiger partial charge >= 0.3 is 17.8 Å². The number of nitrogens with zero attached hydrogens (tertiary/aromatic N) is 3. The van der Waals surface area contributed by atoms with Crippen LogP contribution in [0.5, 0.6) is 0 Å². The van der Waals surface area contributed by atoms with Gasteiger partial charge in [-0.25, -0.2) is 14.3 Å². The average Bonchev–Trinajstić information content (AvgIpc) is 3.40. The highest BCUT2D eigenvalue weighted by atomic mass is 31.2. The van der Waals surface area contributed by atoms with E-state index < -0.39 is 93.2 Å². The van der Waals surface area contributed by atoms with Crippen molar-refractivity contribution < 1.29 is 52.6 Å². The van der Waals surface area contributed by atoms with Crippen LogP contribution in [0.2, 0.25) is 0 Å². The average molecular weight is 565 g/mol. The monoisotopic (exact) mass is 565 g/mol. The van der Waals surface area contributed by atoms with Gasteiger partial charge in [-0.1, -0.05) is 0 Å². The molecule has 16 nitrogen and oxygen atoms in total. The summed E-state index contributed by atoms with van der Waals surface area (Å²) in [5.74, 6) is -3.27. The minimum atomic E-state index is -4.07. The molecule has 0 aliphatic carbocycles. The third-order valence-corrected chi connectivity index (χ3v) is 7.89. The number of amides is 5.